The normalized spacial score (nSPS) is 12.2. The molecule has 3 nitrogen and oxygen atoms in total. The highest BCUT2D eigenvalue weighted by atomic mass is 19.1. The van der Waals surface area contributed by atoms with Gasteiger partial charge in [-0.05, 0) is 18.1 Å². The zero-order valence-corrected chi connectivity index (χ0v) is 9.89. The van der Waals surface area contributed by atoms with E-state index in [0.29, 0.717) is 12.5 Å². The minimum absolute atomic E-state index is 0.0579. The minimum atomic E-state index is -0.918. The largest absolute Gasteiger partial charge is 0.394 e. The van der Waals surface area contributed by atoms with E-state index in [1.54, 1.807) is 0 Å². The molecule has 0 heterocycles. The second kappa shape index (κ2) is 5.61. The second-order valence-electron chi connectivity index (χ2n) is 4.08. The molecule has 0 aliphatic rings. The van der Waals surface area contributed by atoms with E-state index >= 15 is 0 Å². The van der Waals surface area contributed by atoms with Crippen molar-refractivity contribution in [1.82, 2.24) is 5.32 Å². The Balaban J connectivity index is 2.76. The van der Waals surface area contributed by atoms with Gasteiger partial charge < -0.3 is 11.1 Å². The van der Waals surface area contributed by atoms with Gasteiger partial charge >= 0.3 is 0 Å². The summed E-state index contributed by atoms with van der Waals surface area (Å²) in [5.74, 6) is -2.01. The third-order valence-electron chi connectivity index (χ3n) is 2.65. The summed E-state index contributed by atoms with van der Waals surface area (Å²) in [4.78, 5) is 11.6. The first-order valence-electron chi connectivity index (χ1n) is 5.48. The van der Waals surface area contributed by atoms with E-state index in [4.69, 9.17) is 5.73 Å². The van der Waals surface area contributed by atoms with Crippen molar-refractivity contribution in [3.63, 3.8) is 0 Å². The number of carbonyl (C=O) groups excluding carboxylic acids is 1. The average Bonchev–Trinajstić information content (AvgIpc) is 2.31. The molecule has 1 amide bonds. The van der Waals surface area contributed by atoms with Gasteiger partial charge in [-0.25, -0.2) is 8.78 Å². The van der Waals surface area contributed by atoms with Gasteiger partial charge in [0.2, 0.25) is 0 Å². The zero-order chi connectivity index (χ0) is 13.0. The van der Waals surface area contributed by atoms with Gasteiger partial charge in [-0.2, -0.15) is 0 Å². The summed E-state index contributed by atoms with van der Waals surface area (Å²) in [6.45, 7) is 4.45. The van der Waals surface area contributed by atoms with E-state index in [1.165, 1.54) is 0 Å². The van der Waals surface area contributed by atoms with Gasteiger partial charge in [0, 0.05) is 12.1 Å². The van der Waals surface area contributed by atoms with Crippen molar-refractivity contribution in [3.05, 3.63) is 29.3 Å². The molecular weight excluding hydrogens is 226 g/mol. The Bertz CT molecular complexity index is 398. The van der Waals surface area contributed by atoms with Crippen molar-refractivity contribution in [2.75, 3.05) is 12.3 Å². The van der Waals surface area contributed by atoms with Crippen LogP contribution >= 0.6 is 0 Å². The first kappa shape index (κ1) is 13.4. The first-order valence-corrected chi connectivity index (χ1v) is 5.48. The molecule has 3 N–H and O–H groups in total. The molecule has 0 aliphatic heterocycles. The SMILES string of the molecule is CCC(C)CNC(=O)c1cc(F)c(N)c(F)c1. The molecule has 1 unspecified atom stereocenters. The van der Waals surface area contributed by atoms with E-state index in [0.717, 1.165) is 18.6 Å². The fourth-order valence-corrected chi connectivity index (χ4v) is 1.23. The molecule has 0 aliphatic carbocycles. The number of anilines is 1. The van der Waals surface area contributed by atoms with Crippen molar-refractivity contribution in [2.24, 2.45) is 5.92 Å². The Hall–Kier alpha value is -1.65. The van der Waals surface area contributed by atoms with Crippen LogP contribution in [0.15, 0.2) is 12.1 Å². The van der Waals surface area contributed by atoms with Gasteiger partial charge in [-0.15, -0.1) is 0 Å². The van der Waals surface area contributed by atoms with Crippen LogP contribution in [-0.2, 0) is 0 Å². The lowest BCUT2D eigenvalue weighted by Gasteiger charge is -2.10. The third-order valence-corrected chi connectivity index (χ3v) is 2.65. The lowest BCUT2D eigenvalue weighted by Crippen LogP contribution is -2.28. The summed E-state index contributed by atoms with van der Waals surface area (Å²) in [6.07, 6.45) is 0.921. The lowest BCUT2D eigenvalue weighted by atomic mass is 10.1. The summed E-state index contributed by atoms with van der Waals surface area (Å²) in [5.41, 5.74) is 4.49. The summed E-state index contributed by atoms with van der Waals surface area (Å²) in [5, 5.41) is 2.61. The summed E-state index contributed by atoms with van der Waals surface area (Å²) < 4.78 is 26.2. The van der Waals surface area contributed by atoms with Gasteiger partial charge in [0.05, 0.1) is 0 Å². The molecule has 17 heavy (non-hydrogen) atoms. The molecule has 0 saturated carbocycles. The number of nitrogens with one attached hydrogen (secondary N) is 1. The Kier molecular flexibility index (Phi) is 4.43. The maximum Gasteiger partial charge on any atom is 0.251 e. The number of benzene rings is 1. The number of hydrogen-bond acceptors (Lipinski definition) is 2. The Morgan fingerprint density at radius 1 is 1.41 bits per heavy atom. The second-order valence-corrected chi connectivity index (χ2v) is 4.08. The summed E-state index contributed by atoms with van der Waals surface area (Å²) in [7, 11) is 0. The van der Waals surface area contributed by atoms with E-state index < -0.39 is 23.2 Å². The highest BCUT2D eigenvalue weighted by molar-refractivity contribution is 5.94. The third kappa shape index (κ3) is 3.41. The molecule has 0 aromatic heterocycles. The zero-order valence-electron chi connectivity index (χ0n) is 9.89. The van der Waals surface area contributed by atoms with Gasteiger partial charge in [0.15, 0.2) is 0 Å². The Morgan fingerprint density at radius 3 is 2.41 bits per heavy atom. The number of hydrogen-bond donors (Lipinski definition) is 2. The quantitative estimate of drug-likeness (QED) is 0.796. The van der Waals surface area contributed by atoms with Crippen LogP contribution in [0.2, 0.25) is 0 Å². The van der Waals surface area contributed by atoms with Crippen molar-refractivity contribution < 1.29 is 13.6 Å². The van der Waals surface area contributed by atoms with Crippen LogP contribution in [-0.4, -0.2) is 12.5 Å². The van der Waals surface area contributed by atoms with Crippen molar-refractivity contribution >= 4 is 11.6 Å². The number of amides is 1. The Morgan fingerprint density at radius 2 is 1.94 bits per heavy atom. The van der Waals surface area contributed by atoms with Crippen molar-refractivity contribution in [3.8, 4) is 0 Å². The fourth-order valence-electron chi connectivity index (χ4n) is 1.23. The highest BCUT2D eigenvalue weighted by Crippen LogP contribution is 2.17. The number of halogens is 2. The number of nitrogens with two attached hydrogens (primary N) is 1. The molecular formula is C12H16F2N2O. The smallest absolute Gasteiger partial charge is 0.251 e. The maximum atomic E-state index is 13.1. The molecule has 0 radical (unpaired) electrons. The molecule has 1 atom stereocenters. The van der Waals surface area contributed by atoms with Crippen LogP contribution in [0.5, 0.6) is 0 Å². The highest BCUT2D eigenvalue weighted by Gasteiger charge is 2.13. The van der Waals surface area contributed by atoms with E-state index in [-0.39, 0.29) is 5.56 Å². The lowest BCUT2D eigenvalue weighted by molar-refractivity contribution is 0.0947. The van der Waals surface area contributed by atoms with E-state index in [1.807, 2.05) is 13.8 Å². The van der Waals surface area contributed by atoms with E-state index in [9.17, 15) is 13.6 Å². The predicted octanol–water partition coefficient (Wildman–Crippen LogP) is 2.32. The molecule has 0 saturated heterocycles. The molecule has 1 rings (SSSR count). The monoisotopic (exact) mass is 242 g/mol. The number of rotatable bonds is 4. The summed E-state index contributed by atoms with van der Waals surface area (Å²) >= 11 is 0. The van der Waals surface area contributed by atoms with Crippen LogP contribution in [0.25, 0.3) is 0 Å². The van der Waals surface area contributed by atoms with Crippen LogP contribution in [0.3, 0.4) is 0 Å². The minimum Gasteiger partial charge on any atom is -0.394 e. The Labute approximate surface area is 99.0 Å². The fraction of sp³-hybridized carbons (Fsp3) is 0.417. The molecule has 94 valence electrons. The standard InChI is InChI=1S/C12H16F2N2O/c1-3-7(2)6-16-12(17)8-4-9(13)11(15)10(14)5-8/h4-5,7H,3,6,15H2,1-2H3,(H,16,17). The first-order chi connectivity index (χ1) is 7.95. The topological polar surface area (TPSA) is 55.1 Å². The molecule has 0 bridgehead atoms. The van der Waals surface area contributed by atoms with Crippen LogP contribution in [0, 0.1) is 17.6 Å². The molecule has 1 aromatic carbocycles. The van der Waals surface area contributed by atoms with Gasteiger partial charge in [0.1, 0.15) is 17.3 Å². The van der Waals surface area contributed by atoms with E-state index in [2.05, 4.69) is 5.32 Å². The van der Waals surface area contributed by atoms with Crippen LogP contribution < -0.4 is 11.1 Å². The number of nitrogen functional groups attached to an aromatic ring is 1. The van der Waals surface area contributed by atoms with Crippen LogP contribution in [0.1, 0.15) is 30.6 Å². The van der Waals surface area contributed by atoms with Gasteiger partial charge in [-0.3, -0.25) is 4.79 Å². The molecule has 0 fully saturated rings. The van der Waals surface area contributed by atoms with Gasteiger partial charge in [-0.1, -0.05) is 20.3 Å². The average molecular weight is 242 g/mol. The number of carbonyl (C=O) groups is 1. The van der Waals surface area contributed by atoms with Gasteiger partial charge in [0.25, 0.3) is 5.91 Å². The molecule has 1 aromatic rings. The van der Waals surface area contributed by atoms with Crippen LogP contribution in [0.4, 0.5) is 14.5 Å². The van der Waals surface area contributed by atoms with Crippen molar-refractivity contribution in [2.45, 2.75) is 20.3 Å². The maximum absolute atomic E-state index is 13.1. The molecule has 5 heteroatoms. The molecule has 0 spiro atoms. The predicted molar refractivity (Wildman–Crippen MR) is 62.6 cm³/mol. The summed E-state index contributed by atoms with van der Waals surface area (Å²) in [6, 6.07) is 1.87. The van der Waals surface area contributed by atoms with Crippen molar-refractivity contribution in [1.29, 1.82) is 0 Å².